The van der Waals surface area contributed by atoms with Crippen LogP contribution in [0.2, 0.25) is 0 Å². The lowest BCUT2D eigenvalue weighted by molar-refractivity contribution is 0.186. The maximum atomic E-state index is 7.62. The van der Waals surface area contributed by atoms with Crippen LogP contribution in [-0.4, -0.2) is 61.9 Å². The molecule has 0 aromatic heterocycles. The molecule has 2 unspecified atom stereocenters. The maximum Gasteiger partial charge on any atom is 0.0947 e. The molecular weight excluding hydrogens is 188 g/mol. The monoisotopic (exact) mass is 206 g/mol. The van der Waals surface area contributed by atoms with Gasteiger partial charge < -0.3 is 19.7 Å². The quantitative estimate of drug-likeness (QED) is 0.225. The number of rotatable bonds is 6. The first-order valence-electron chi connectivity index (χ1n) is 4.77. The maximum absolute atomic E-state index is 7.62. The summed E-state index contributed by atoms with van der Waals surface area (Å²) in [6.45, 7) is 3.39. The van der Waals surface area contributed by atoms with Gasteiger partial charge in [0, 0.05) is 13.1 Å². The number of nitrogens with one attached hydrogen (secondary N) is 2. The molecule has 0 saturated carbocycles. The normalized spacial score (nSPS) is 27.9. The first kappa shape index (κ1) is 11.8. The first-order valence-corrected chi connectivity index (χ1v) is 4.77. The molecule has 0 aromatic carbocycles. The molecule has 14 heavy (non-hydrogen) atoms. The molecule has 84 valence electrons. The average Bonchev–Trinajstić information content (AvgIpc) is 3.05. The zero-order chi connectivity index (χ0) is 10.2. The van der Waals surface area contributed by atoms with Crippen molar-refractivity contribution in [3.8, 4) is 0 Å². The Hall–Kier alpha value is -0.240. The molecule has 6 nitrogen and oxygen atoms in total. The Morgan fingerprint density at radius 2 is 1.29 bits per heavy atom. The Labute approximate surface area is 83.2 Å². The van der Waals surface area contributed by atoms with Gasteiger partial charge in [-0.3, -0.25) is 10.9 Å². The van der Waals surface area contributed by atoms with Crippen molar-refractivity contribution in [3.05, 3.63) is 0 Å². The van der Waals surface area contributed by atoms with Crippen LogP contribution in [0, 0.1) is 0 Å². The molecule has 0 aromatic rings. The molecular formula is C8H18N2O4. The smallest absolute Gasteiger partial charge is 0.0947 e. The summed E-state index contributed by atoms with van der Waals surface area (Å²) in [5.74, 6) is 0. The molecule has 2 atom stereocenters. The van der Waals surface area contributed by atoms with Crippen molar-refractivity contribution in [1.82, 2.24) is 10.9 Å². The van der Waals surface area contributed by atoms with E-state index in [0.29, 0.717) is 12.2 Å². The van der Waals surface area contributed by atoms with E-state index in [2.05, 4.69) is 10.9 Å². The van der Waals surface area contributed by atoms with E-state index in [4.69, 9.17) is 19.7 Å². The summed E-state index contributed by atoms with van der Waals surface area (Å²) in [5.41, 5.74) is 6.13. The molecule has 2 aliphatic heterocycles. The molecule has 0 bridgehead atoms. The second kappa shape index (κ2) is 7.10. The fourth-order valence-electron chi connectivity index (χ4n) is 0.744. The van der Waals surface area contributed by atoms with Gasteiger partial charge in [-0.2, -0.15) is 0 Å². The lowest BCUT2D eigenvalue weighted by Crippen LogP contribution is -2.37. The third-order valence-corrected chi connectivity index (χ3v) is 1.69. The fourth-order valence-corrected chi connectivity index (χ4v) is 0.744. The fraction of sp³-hybridized carbons (Fsp3) is 1.00. The number of hydrogen-bond donors (Lipinski definition) is 4. The van der Waals surface area contributed by atoms with Crippen LogP contribution in [0.1, 0.15) is 0 Å². The van der Waals surface area contributed by atoms with Gasteiger partial charge in [0.05, 0.1) is 38.6 Å². The van der Waals surface area contributed by atoms with E-state index in [1.165, 1.54) is 0 Å². The van der Waals surface area contributed by atoms with Crippen LogP contribution in [0.5, 0.6) is 0 Å². The number of hydrazine groups is 1. The number of epoxide rings is 2. The molecule has 6 heteroatoms. The van der Waals surface area contributed by atoms with Crippen molar-refractivity contribution < 1.29 is 19.7 Å². The molecule has 4 N–H and O–H groups in total. The topological polar surface area (TPSA) is 89.6 Å². The van der Waals surface area contributed by atoms with Crippen LogP contribution >= 0.6 is 0 Å². The lowest BCUT2D eigenvalue weighted by Gasteiger charge is -2.01. The minimum atomic E-state index is -0.125. The Morgan fingerprint density at radius 1 is 0.929 bits per heavy atom. The van der Waals surface area contributed by atoms with E-state index in [1.54, 1.807) is 0 Å². The number of aliphatic hydroxyl groups excluding tert-OH is 2. The van der Waals surface area contributed by atoms with Gasteiger partial charge in [-0.1, -0.05) is 0 Å². The standard InChI is InChI=1S/C6H12N2O2.C2H6O2/c1(5-3-9-5)7-8-2-6-4-10-6;3-1-2-4/h5-8H,1-4H2;3-4H,1-2H2. The molecule has 2 aliphatic rings. The van der Waals surface area contributed by atoms with Gasteiger partial charge in [-0.15, -0.1) is 0 Å². The van der Waals surface area contributed by atoms with Gasteiger partial charge in [0.1, 0.15) is 0 Å². The van der Waals surface area contributed by atoms with Gasteiger partial charge in [0.2, 0.25) is 0 Å². The van der Waals surface area contributed by atoms with Crippen LogP contribution in [0.3, 0.4) is 0 Å². The largest absolute Gasteiger partial charge is 0.394 e. The van der Waals surface area contributed by atoms with Crippen molar-refractivity contribution >= 4 is 0 Å². The summed E-state index contributed by atoms with van der Waals surface area (Å²) in [6, 6.07) is 0. The third kappa shape index (κ3) is 7.19. The van der Waals surface area contributed by atoms with Crippen LogP contribution in [0.15, 0.2) is 0 Å². The third-order valence-electron chi connectivity index (χ3n) is 1.69. The predicted molar refractivity (Wildman–Crippen MR) is 49.7 cm³/mol. The summed E-state index contributed by atoms with van der Waals surface area (Å²) in [7, 11) is 0. The Morgan fingerprint density at radius 3 is 1.50 bits per heavy atom. The van der Waals surface area contributed by atoms with Crippen molar-refractivity contribution in [2.75, 3.05) is 39.5 Å². The molecule has 2 heterocycles. The van der Waals surface area contributed by atoms with E-state index in [1.807, 2.05) is 0 Å². The Kier molecular flexibility index (Phi) is 6.00. The second-order valence-corrected chi connectivity index (χ2v) is 3.12. The van der Waals surface area contributed by atoms with Gasteiger partial charge in [-0.05, 0) is 0 Å². The highest BCUT2D eigenvalue weighted by Gasteiger charge is 2.23. The zero-order valence-corrected chi connectivity index (χ0v) is 8.11. The number of aliphatic hydroxyl groups is 2. The SMILES string of the molecule is C(NNCC1CO1)C1CO1.OCCO. The van der Waals surface area contributed by atoms with E-state index >= 15 is 0 Å². The van der Waals surface area contributed by atoms with Crippen molar-refractivity contribution in [1.29, 1.82) is 0 Å². The lowest BCUT2D eigenvalue weighted by atomic mass is 10.5. The second-order valence-electron chi connectivity index (χ2n) is 3.12. The van der Waals surface area contributed by atoms with E-state index in [-0.39, 0.29) is 13.2 Å². The van der Waals surface area contributed by atoms with Gasteiger partial charge in [0.15, 0.2) is 0 Å². The molecule has 0 spiro atoms. The van der Waals surface area contributed by atoms with Gasteiger partial charge >= 0.3 is 0 Å². The molecule has 0 radical (unpaired) electrons. The summed E-state index contributed by atoms with van der Waals surface area (Å²) < 4.78 is 9.99. The number of ether oxygens (including phenoxy) is 2. The summed E-state index contributed by atoms with van der Waals surface area (Å²) in [4.78, 5) is 0. The highest BCUT2D eigenvalue weighted by Crippen LogP contribution is 2.07. The van der Waals surface area contributed by atoms with Crippen molar-refractivity contribution in [3.63, 3.8) is 0 Å². The number of hydrogen-bond acceptors (Lipinski definition) is 6. The van der Waals surface area contributed by atoms with Crippen LogP contribution in [-0.2, 0) is 9.47 Å². The van der Waals surface area contributed by atoms with Crippen LogP contribution in [0.25, 0.3) is 0 Å². The molecule has 0 amide bonds. The predicted octanol–water partition coefficient (Wildman–Crippen LogP) is -2.15. The summed E-state index contributed by atoms with van der Waals surface area (Å²) in [6.07, 6.45) is 0.903. The summed E-state index contributed by atoms with van der Waals surface area (Å²) >= 11 is 0. The van der Waals surface area contributed by atoms with Crippen LogP contribution < -0.4 is 10.9 Å². The Bertz CT molecular complexity index is 123. The van der Waals surface area contributed by atoms with Gasteiger partial charge in [-0.25, -0.2) is 0 Å². The molecule has 2 fully saturated rings. The minimum absolute atomic E-state index is 0.125. The van der Waals surface area contributed by atoms with Gasteiger partial charge in [0.25, 0.3) is 0 Å². The van der Waals surface area contributed by atoms with Crippen LogP contribution in [0.4, 0.5) is 0 Å². The highest BCUT2D eigenvalue weighted by molar-refractivity contribution is 4.73. The molecule has 0 aliphatic carbocycles. The summed E-state index contributed by atoms with van der Waals surface area (Å²) in [5, 5.41) is 15.2. The van der Waals surface area contributed by atoms with Crippen molar-refractivity contribution in [2.24, 2.45) is 0 Å². The highest BCUT2D eigenvalue weighted by atomic mass is 16.6. The van der Waals surface area contributed by atoms with E-state index < -0.39 is 0 Å². The minimum Gasteiger partial charge on any atom is -0.394 e. The molecule has 2 saturated heterocycles. The van der Waals surface area contributed by atoms with E-state index in [9.17, 15) is 0 Å². The zero-order valence-electron chi connectivity index (χ0n) is 8.11. The molecule has 2 rings (SSSR count). The first-order chi connectivity index (χ1) is 6.86. The van der Waals surface area contributed by atoms with E-state index in [0.717, 1.165) is 26.3 Å². The van der Waals surface area contributed by atoms with Crippen molar-refractivity contribution in [2.45, 2.75) is 12.2 Å². The average molecular weight is 206 g/mol. The Balaban J connectivity index is 0.000000213.